The van der Waals surface area contributed by atoms with Gasteiger partial charge in [0, 0.05) is 55.5 Å². The average molecular weight is 311 g/mol. The summed E-state index contributed by atoms with van der Waals surface area (Å²) < 4.78 is 0. The molecular weight excluding hydrogens is 290 g/mol. The molecule has 0 saturated carbocycles. The third-order valence-corrected chi connectivity index (χ3v) is 4.10. The molecule has 1 aliphatic heterocycles. The lowest BCUT2D eigenvalue weighted by atomic mass is 10.1. The lowest BCUT2D eigenvalue weighted by molar-refractivity contribution is 0.0947. The number of rotatable bonds is 5. The van der Waals surface area contributed by atoms with Crippen molar-refractivity contribution in [1.82, 2.24) is 25.2 Å². The second-order valence-electron chi connectivity index (χ2n) is 5.97. The highest BCUT2D eigenvalue weighted by atomic mass is 16.1. The van der Waals surface area contributed by atoms with E-state index in [0.29, 0.717) is 18.0 Å². The molecule has 2 aromatic rings. The van der Waals surface area contributed by atoms with E-state index in [0.717, 1.165) is 37.4 Å². The highest BCUT2D eigenvalue weighted by molar-refractivity contribution is 5.93. The Kier molecular flexibility index (Phi) is 4.92. The van der Waals surface area contributed by atoms with Gasteiger partial charge < -0.3 is 5.32 Å². The maximum absolute atomic E-state index is 12.0. The molecule has 0 bridgehead atoms. The summed E-state index contributed by atoms with van der Waals surface area (Å²) in [6.45, 7) is 5.51. The highest BCUT2D eigenvalue weighted by Crippen LogP contribution is 2.17. The van der Waals surface area contributed by atoms with Crippen LogP contribution in [-0.2, 0) is 6.54 Å². The van der Waals surface area contributed by atoms with Gasteiger partial charge >= 0.3 is 0 Å². The second kappa shape index (κ2) is 7.28. The van der Waals surface area contributed by atoms with Crippen molar-refractivity contribution in [3.63, 3.8) is 0 Å². The van der Waals surface area contributed by atoms with Crippen molar-refractivity contribution >= 4 is 5.91 Å². The highest BCUT2D eigenvalue weighted by Gasteiger charge is 2.23. The number of pyridine rings is 1. The third kappa shape index (κ3) is 4.32. The van der Waals surface area contributed by atoms with Crippen molar-refractivity contribution in [3.05, 3.63) is 53.9 Å². The number of carbonyl (C=O) groups excluding carboxylic acids is 1. The van der Waals surface area contributed by atoms with E-state index < -0.39 is 0 Å². The smallest absolute Gasteiger partial charge is 0.251 e. The molecule has 120 valence electrons. The van der Waals surface area contributed by atoms with Crippen LogP contribution in [0, 0.1) is 12.8 Å². The maximum Gasteiger partial charge on any atom is 0.251 e. The molecule has 0 aliphatic carbocycles. The first kappa shape index (κ1) is 15.6. The minimum Gasteiger partial charge on any atom is -0.352 e. The van der Waals surface area contributed by atoms with Crippen LogP contribution in [0.25, 0.3) is 0 Å². The molecule has 3 rings (SSSR count). The number of aryl methyl sites for hydroxylation is 1. The Morgan fingerprint density at radius 1 is 1.30 bits per heavy atom. The lowest BCUT2D eigenvalue weighted by Crippen LogP contribution is -2.31. The first-order valence-corrected chi connectivity index (χ1v) is 7.89. The van der Waals surface area contributed by atoms with E-state index >= 15 is 0 Å². The Bertz CT molecular complexity index is 644. The summed E-state index contributed by atoms with van der Waals surface area (Å²) in [6.07, 6.45) is 8.15. The van der Waals surface area contributed by atoms with Gasteiger partial charge in [-0.3, -0.25) is 14.7 Å². The summed E-state index contributed by atoms with van der Waals surface area (Å²) >= 11 is 0. The molecule has 2 aromatic heterocycles. The van der Waals surface area contributed by atoms with E-state index in [4.69, 9.17) is 0 Å². The van der Waals surface area contributed by atoms with Gasteiger partial charge in [-0.2, -0.15) is 0 Å². The number of hydrogen-bond acceptors (Lipinski definition) is 5. The molecule has 6 heteroatoms. The minimum atomic E-state index is -0.0298. The summed E-state index contributed by atoms with van der Waals surface area (Å²) in [4.78, 5) is 26.8. The van der Waals surface area contributed by atoms with Crippen LogP contribution < -0.4 is 5.32 Å². The van der Waals surface area contributed by atoms with E-state index in [-0.39, 0.29) is 5.91 Å². The summed E-state index contributed by atoms with van der Waals surface area (Å²) in [5.74, 6) is 1.26. The van der Waals surface area contributed by atoms with E-state index in [1.165, 1.54) is 0 Å². The van der Waals surface area contributed by atoms with Crippen molar-refractivity contribution in [2.75, 3.05) is 19.6 Å². The zero-order valence-electron chi connectivity index (χ0n) is 13.3. The summed E-state index contributed by atoms with van der Waals surface area (Å²) in [7, 11) is 0. The van der Waals surface area contributed by atoms with Gasteiger partial charge in [-0.05, 0) is 37.9 Å². The molecule has 0 radical (unpaired) electrons. The number of aromatic nitrogens is 3. The first-order chi connectivity index (χ1) is 11.2. The first-order valence-electron chi connectivity index (χ1n) is 7.89. The van der Waals surface area contributed by atoms with Crippen molar-refractivity contribution in [1.29, 1.82) is 0 Å². The molecule has 1 saturated heterocycles. The largest absolute Gasteiger partial charge is 0.352 e. The van der Waals surface area contributed by atoms with Crippen LogP contribution in [0.1, 0.15) is 28.2 Å². The number of amides is 1. The summed E-state index contributed by atoms with van der Waals surface area (Å²) in [5, 5.41) is 3.01. The molecule has 3 heterocycles. The molecule has 1 aliphatic rings. The topological polar surface area (TPSA) is 71.0 Å². The van der Waals surface area contributed by atoms with Crippen molar-refractivity contribution in [3.8, 4) is 0 Å². The molecule has 23 heavy (non-hydrogen) atoms. The van der Waals surface area contributed by atoms with Gasteiger partial charge in [-0.1, -0.05) is 0 Å². The lowest BCUT2D eigenvalue weighted by Gasteiger charge is -2.16. The zero-order valence-corrected chi connectivity index (χ0v) is 13.3. The van der Waals surface area contributed by atoms with Gasteiger partial charge in [0.05, 0.1) is 0 Å². The Hall–Kier alpha value is -2.34. The predicted molar refractivity (Wildman–Crippen MR) is 86.7 cm³/mol. The number of nitrogens with zero attached hydrogens (tertiary/aromatic N) is 4. The van der Waals surface area contributed by atoms with Crippen LogP contribution in [0.3, 0.4) is 0 Å². The van der Waals surface area contributed by atoms with Crippen LogP contribution in [-0.4, -0.2) is 45.4 Å². The maximum atomic E-state index is 12.0. The fourth-order valence-electron chi connectivity index (χ4n) is 2.82. The molecule has 1 atom stereocenters. The van der Waals surface area contributed by atoms with Gasteiger partial charge in [0.15, 0.2) is 0 Å². The molecular formula is C17H21N5O. The zero-order chi connectivity index (χ0) is 16.1. The number of hydrogen-bond donors (Lipinski definition) is 1. The fourth-order valence-corrected chi connectivity index (χ4v) is 2.82. The SMILES string of the molecule is Cc1ncc(CN2CC[C@@H](CNC(=O)c3ccncc3)C2)cn1. The molecule has 1 fully saturated rings. The molecule has 0 aromatic carbocycles. The van der Waals surface area contributed by atoms with Gasteiger partial charge in [0.1, 0.15) is 5.82 Å². The molecule has 1 N–H and O–H groups in total. The Morgan fingerprint density at radius 3 is 2.78 bits per heavy atom. The van der Waals surface area contributed by atoms with Crippen molar-refractivity contribution in [2.24, 2.45) is 5.92 Å². The van der Waals surface area contributed by atoms with Crippen LogP contribution >= 0.6 is 0 Å². The monoisotopic (exact) mass is 311 g/mol. The minimum absolute atomic E-state index is 0.0298. The Morgan fingerprint density at radius 2 is 2.04 bits per heavy atom. The van der Waals surface area contributed by atoms with Crippen LogP contribution in [0.5, 0.6) is 0 Å². The number of likely N-dealkylation sites (tertiary alicyclic amines) is 1. The number of carbonyl (C=O) groups is 1. The Balaban J connectivity index is 1.45. The average Bonchev–Trinajstić information content (AvgIpc) is 3.03. The molecule has 0 spiro atoms. The summed E-state index contributed by atoms with van der Waals surface area (Å²) in [5.41, 5.74) is 1.80. The van der Waals surface area contributed by atoms with Crippen molar-refractivity contribution < 1.29 is 4.79 Å². The van der Waals surface area contributed by atoms with Gasteiger partial charge in [-0.15, -0.1) is 0 Å². The quantitative estimate of drug-likeness (QED) is 0.904. The van der Waals surface area contributed by atoms with Crippen molar-refractivity contribution in [2.45, 2.75) is 19.9 Å². The predicted octanol–water partition coefficient (Wildman–Crippen LogP) is 1.43. The van der Waals surface area contributed by atoms with Gasteiger partial charge in [-0.25, -0.2) is 9.97 Å². The summed E-state index contributed by atoms with van der Waals surface area (Å²) in [6, 6.07) is 3.46. The van der Waals surface area contributed by atoms with E-state index in [2.05, 4.69) is 25.2 Å². The molecule has 6 nitrogen and oxygen atoms in total. The van der Waals surface area contributed by atoms with Gasteiger partial charge in [0.2, 0.25) is 0 Å². The van der Waals surface area contributed by atoms with Crippen LogP contribution in [0.15, 0.2) is 36.9 Å². The third-order valence-electron chi connectivity index (χ3n) is 4.10. The second-order valence-corrected chi connectivity index (χ2v) is 5.97. The standard InChI is InChI=1S/C17H21N5O/c1-13-19-9-15(10-20-13)12-22-7-4-14(11-22)8-21-17(23)16-2-5-18-6-3-16/h2-3,5-6,9-10,14H,4,7-8,11-12H2,1H3,(H,21,23)/t14-/m0/s1. The number of nitrogens with one attached hydrogen (secondary N) is 1. The van der Waals surface area contributed by atoms with E-state index in [1.807, 2.05) is 19.3 Å². The fraction of sp³-hybridized carbons (Fsp3) is 0.412. The van der Waals surface area contributed by atoms with Gasteiger partial charge in [0.25, 0.3) is 5.91 Å². The molecule has 0 unspecified atom stereocenters. The van der Waals surface area contributed by atoms with E-state index in [9.17, 15) is 4.79 Å². The normalized spacial score (nSPS) is 18.0. The van der Waals surface area contributed by atoms with E-state index in [1.54, 1.807) is 24.5 Å². The van der Waals surface area contributed by atoms with Crippen LogP contribution in [0.4, 0.5) is 0 Å². The van der Waals surface area contributed by atoms with Crippen LogP contribution in [0.2, 0.25) is 0 Å². The molecule has 1 amide bonds. The Labute approximate surface area is 136 Å².